The van der Waals surface area contributed by atoms with Crippen LogP contribution in [0, 0.1) is 5.92 Å². The molecular weight excluding hydrogens is 693 g/mol. The fraction of sp³-hybridized carbons (Fsp3) is 0.500. The van der Waals surface area contributed by atoms with Gasteiger partial charge in [0.25, 0.3) is 15.9 Å². The smallest absolute Gasteiger partial charge is 0.416 e. The van der Waals surface area contributed by atoms with Gasteiger partial charge in [0.1, 0.15) is 5.75 Å². The van der Waals surface area contributed by atoms with Gasteiger partial charge in [-0.3, -0.25) is 4.79 Å². The maximum atomic E-state index is 14.3. The molecular formula is C34H45F3N6O7S. The molecule has 280 valence electrons. The first kappa shape index (κ1) is 39.6. The summed E-state index contributed by atoms with van der Waals surface area (Å²) in [6.45, 7) is 5.40. The summed E-state index contributed by atoms with van der Waals surface area (Å²) in [7, 11) is -0.820. The van der Waals surface area contributed by atoms with Crippen molar-refractivity contribution in [1.82, 2.24) is 18.8 Å². The minimum Gasteiger partial charge on any atom is -0.490 e. The number of ether oxygens (including phenoxy) is 2. The Morgan fingerprint density at radius 2 is 1.78 bits per heavy atom. The number of aliphatic hydroxyl groups is 1. The number of anilines is 2. The number of aromatic nitrogens is 2. The molecule has 3 amide bonds. The van der Waals surface area contributed by atoms with E-state index in [1.54, 1.807) is 26.1 Å². The number of benzene rings is 2. The van der Waals surface area contributed by atoms with Crippen LogP contribution in [0.25, 0.3) is 0 Å². The summed E-state index contributed by atoms with van der Waals surface area (Å²) in [6, 6.07) is 7.06. The first-order chi connectivity index (χ1) is 24.0. The molecule has 4 rings (SSSR count). The van der Waals surface area contributed by atoms with Crippen LogP contribution >= 0.6 is 0 Å². The van der Waals surface area contributed by atoms with Crippen molar-refractivity contribution in [3.05, 3.63) is 66.1 Å². The molecule has 0 aliphatic carbocycles. The van der Waals surface area contributed by atoms with Crippen LogP contribution in [-0.2, 0) is 28.0 Å². The second-order valence-electron chi connectivity index (χ2n) is 12.8. The molecule has 0 saturated carbocycles. The zero-order valence-electron chi connectivity index (χ0n) is 29.2. The Balaban J connectivity index is 1.60. The highest BCUT2D eigenvalue weighted by atomic mass is 32.2. The molecule has 0 fully saturated rings. The normalized spacial score (nSPS) is 20.2. The molecule has 0 radical (unpaired) electrons. The van der Waals surface area contributed by atoms with E-state index in [2.05, 4.69) is 15.6 Å². The highest BCUT2D eigenvalue weighted by molar-refractivity contribution is 7.89. The number of likely N-dealkylation sites (N-methyl/N-ethyl adjacent to an activating group) is 1. The fourth-order valence-corrected chi connectivity index (χ4v) is 6.67. The van der Waals surface area contributed by atoms with E-state index in [1.165, 1.54) is 39.4 Å². The number of fused-ring (bicyclic) bond motifs is 1. The Labute approximate surface area is 295 Å². The molecule has 0 saturated heterocycles. The quantitative estimate of drug-likeness (QED) is 0.285. The van der Waals surface area contributed by atoms with Crippen molar-refractivity contribution in [2.24, 2.45) is 13.0 Å². The predicted molar refractivity (Wildman–Crippen MR) is 184 cm³/mol. The van der Waals surface area contributed by atoms with Gasteiger partial charge in [0, 0.05) is 57.3 Å². The lowest BCUT2D eigenvalue weighted by molar-refractivity contribution is -0.137. The maximum absolute atomic E-state index is 14.3. The number of carbonyl (C=O) groups excluding carboxylic acids is 2. The van der Waals surface area contributed by atoms with E-state index in [4.69, 9.17) is 9.47 Å². The highest BCUT2D eigenvalue weighted by Gasteiger charge is 2.33. The minimum atomic E-state index is -4.52. The van der Waals surface area contributed by atoms with Crippen LogP contribution < -0.4 is 15.4 Å². The van der Waals surface area contributed by atoms with E-state index in [-0.39, 0.29) is 53.5 Å². The van der Waals surface area contributed by atoms with Gasteiger partial charge in [-0.1, -0.05) is 6.92 Å². The zero-order chi connectivity index (χ0) is 37.5. The van der Waals surface area contributed by atoms with Gasteiger partial charge in [-0.2, -0.15) is 17.5 Å². The monoisotopic (exact) mass is 738 g/mol. The van der Waals surface area contributed by atoms with Crippen molar-refractivity contribution in [2.75, 3.05) is 44.0 Å². The first-order valence-electron chi connectivity index (χ1n) is 16.5. The molecule has 0 spiro atoms. The number of hydrogen-bond donors (Lipinski definition) is 3. The van der Waals surface area contributed by atoms with E-state index in [0.717, 1.165) is 30.7 Å². The van der Waals surface area contributed by atoms with Gasteiger partial charge < -0.3 is 34.7 Å². The van der Waals surface area contributed by atoms with Crippen LogP contribution in [0.3, 0.4) is 0 Å². The summed E-state index contributed by atoms with van der Waals surface area (Å²) >= 11 is 0. The van der Waals surface area contributed by atoms with Crippen LogP contribution in [-0.4, -0.2) is 95.8 Å². The Bertz CT molecular complexity index is 1750. The average molecular weight is 739 g/mol. The van der Waals surface area contributed by atoms with Crippen molar-refractivity contribution in [1.29, 1.82) is 0 Å². The van der Waals surface area contributed by atoms with E-state index in [9.17, 15) is 36.3 Å². The SMILES string of the molecule is C[C@H](CO)N1C[C@H](C)[C@@H](CN(C)S(=O)(=O)c2cn(C)cn2)OCCCC[C@H](C)Oc2ccc(NC(=O)Nc3ccc(C(F)(F)F)cc3)cc2C1=O. The third kappa shape index (κ3) is 10.4. The molecule has 3 aromatic rings. The molecule has 1 aliphatic heterocycles. The van der Waals surface area contributed by atoms with Crippen LogP contribution in [0.1, 0.15) is 56.0 Å². The number of nitrogens with zero attached hydrogens (tertiary/aromatic N) is 4. The van der Waals surface area contributed by atoms with Gasteiger partial charge in [0.15, 0.2) is 5.03 Å². The molecule has 4 atom stereocenters. The first-order valence-corrected chi connectivity index (χ1v) is 18.0. The Hall–Kier alpha value is -4.19. The highest BCUT2D eigenvalue weighted by Crippen LogP contribution is 2.31. The van der Waals surface area contributed by atoms with Crippen LogP contribution in [0.4, 0.5) is 29.3 Å². The molecule has 2 heterocycles. The number of hydrogen-bond acceptors (Lipinski definition) is 8. The van der Waals surface area contributed by atoms with Gasteiger partial charge in [-0.05, 0) is 75.6 Å². The number of urea groups is 1. The third-order valence-corrected chi connectivity index (χ3v) is 10.3. The second-order valence-corrected chi connectivity index (χ2v) is 14.8. The molecule has 3 N–H and O–H groups in total. The Morgan fingerprint density at radius 1 is 1.12 bits per heavy atom. The summed E-state index contributed by atoms with van der Waals surface area (Å²) < 4.78 is 80.6. The summed E-state index contributed by atoms with van der Waals surface area (Å²) in [6.07, 6.45) is -0.630. The molecule has 0 bridgehead atoms. The summed E-state index contributed by atoms with van der Waals surface area (Å²) in [5.41, 5.74) is -0.427. The van der Waals surface area contributed by atoms with Gasteiger partial charge in [-0.25, -0.2) is 18.2 Å². The van der Waals surface area contributed by atoms with E-state index >= 15 is 0 Å². The molecule has 51 heavy (non-hydrogen) atoms. The number of carbonyl (C=O) groups is 2. The molecule has 17 heteroatoms. The van der Waals surface area contributed by atoms with Crippen LogP contribution in [0.2, 0.25) is 0 Å². The average Bonchev–Trinajstić information content (AvgIpc) is 3.52. The number of rotatable bonds is 8. The lowest BCUT2D eigenvalue weighted by atomic mass is 10.0. The van der Waals surface area contributed by atoms with Gasteiger partial charge in [-0.15, -0.1) is 0 Å². The lowest BCUT2D eigenvalue weighted by Crippen LogP contribution is -2.48. The Kier molecular flexibility index (Phi) is 13.1. The summed E-state index contributed by atoms with van der Waals surface area (Å²) in [5, 5.41) is 15.2. The van der Waals surface area contributed by atoms with Gasteiger partial charge in [0.05, 0.1) is 42.3 Å². The van der Waals surface area contributed by atoms with E-state index in [1.807, 2.05) is 13.8 Å². The topological polar surface area (TPSA) is 155 Å². The largest absolute Gasteiger partial charge is 0.490 e. The number of alkyl halides is 3. The van der Waals surface area contributed by atoms with Crippen molar-refractivity contribution in [3.63, 3.8) is 0 Å². The number of aryl methyl sites for hydroxylation is 1. The summed E-state index contributed by atoms with van der Waals surface area (Å²) in [4.78, 5) is 32.6. The number of imidazole rings is 1. The number of amides is 3. The lowest BCUT2D eigenvalue weighted by Gasteiger charge is -2.35. The fourth-order valence-electron chi connectivity index (χ4n) is 5.53. The van der Waals surface area contributed by atoms with E-state index in [0.29, 0.717) is 19.4 Å². The molecule has 2 aromatic carbocycles. The maximum Gasteiger partial charge on any atom is 0.416 e. The zero-order valence-corrected chi connectivity index (χ0v) is 30.0. The van der Waals surface area contributed by atoms with Crippen LogP contribution in [0.5, 0.6) is 5.75 Å². The molecule has 0 unspecified atom stereocenters. The molecule has 13 nitrogen and oxygen atoms in total. The van der Waals surface area contributed by atoms with Crippen molar-refractivity contribution in [3.8, 4) is 5.75 Å². The van der Waals surface area contributed by atoms with Gasteiger partial charge >= 0.3 is 12.2 Å². The number of halogens is 3. The van der Waals surface area contributed by atoms with E-state index < -0.39 is 51.8 Å². The number of nitrogens with one attached hydrogen (secondary N) is 2. The predicted octanol–water partition coefficient (Wildman–Crippen LogP) is 5.20. The van der Waals surface area contributed by atoms with Gasteiger partial charge in [0.2, 0.25) is 0 Å². The number of aliphatic hydroxyl groups excluding tert-OH is 1. The number of sulfonamides is 1. The standard InChI is InChI=1S/C34H45F3N6O7S/c1-22-17-43(23(2)20-44)32(45)28-16-27(40-33(46)39-26-11-9-25(10-12-26)34(35,36)37)13-14-29(28)50-24(3)8-6-7-15-49-30(22)18-42(5)51(47,48)31-19-41(4)21-38-31/h9-14,16,19,21-24,30,44H,6-8,15,17-18,20H2,1-5H3,(H2,39,40,46)/t22-,23+,24-,30+/m0/s1. The van der Waals surface area contributed by atoms with Crippen molar-refractivity contribution in [2.45, 2.75) is 69.5 Å². The Morgan fingerprint density at radius 3 is 2.41 bits per heavy atom. The second kappa shape index (κ2) is 16.9. The molecule has 1 aliphatic rings. The molecule has 1 aromatic heterocycles. The summed E-state index contributed by atoms with van der Waals surface area (Å²) in [5.74, 6) is -0.663. The van der Waals surface area contributed by atoms with Crippen molar-refractivity contribution < 1.29 is 45.8 Å². The van der Waals surface area contributed by atoms with Crippen LogP contribution in [0.15, 0.2) is 60.0 Å². The van der Waals surface area contributed by atoms with Crippen molar-refractivity contribution >= 4 is 33.3 Å². The third-order valence-electron chi connectivity index (χ3n) is 8.57. The minimum absolute atomic E-state index is 0.0200.